The molecule has 0 bridgehead atoms. The molecule has 2 aromatic rings. The Hall–Kier alpha value is -2.43. The van der Waals surface area contributed by atoms with Gasteiger partial charge in [-0.1, -0.05) is 12.8 Å². The second kappa shape index (κ2) is 11.2. The minimum Gasteiger partial charge on any atom is -0.469 e. The summed E-state index contributed by atoms with van der Waals surface area (Å²) in [7, 11) is -12.7. The molecule has 216 valence electrons. The second-order valence-electron chi connectivity index (χ2n) is 9.77. The summed E-state index contributed by atoms with van der Waals surface area (Å²) in [6.45, 7) is 3.90. The summed E-state index contributed by atoms with van der Waals surface area (Å²) in [5, 5.41) is 0.233. The molecule has 39 heavy (non-hydrogen) atoms. The number of carbonyl (C=O) groups excluding carboxylic acids is 1. The van der Waals surface area contributed by atoms with Crippen LogP contribution in [0, 0.1) is 0 Å². The molecule has 3 N–H and O–H groups in total. The Morgan fingerprint density at radius 1 is 0.923 bits per heavy atom. The smallest absolute Gasteiger partial charge is 0.305 e. The van der Waals surface area contributed by atoms with Crippen LogP contribution in [0.3, 0.4) is 0 Å². The number of nitrogens with zero attached hydrogens (tertiary/aromatic N) is 1. The molecule has 1 unspecified atom stereocenters. The SMILES string of the molecule is COC(=O)CCCCCC1(C)C(C)=[N+](CCCS(=O)(=O)O)c2ccc3c(S(=O)(=O)O)cc(S(=O)(=O)O)cc3c21. The average molecular weight is 607 g/mol. The van der Waals surface area contributed by atoms with Crippen molar-refractivity contribution in [1.82, 2.24) is 0 Å². The highest BCUT2D eigenvalue weighted by Gasteiger charge is 2.47. The Balaban J connectivity index is 2.21. The highest BCUT2D eigenvalue weighted by molar-refractivity contribution is 7.87. The van der Waals surface area contributed by atoms with E-state index < -0.39 is 51.3 Å². The summed E-state index contributed by atoms with van der Waals surface area (Å²) in [4.78, 5) is 10.1. The van der Waals surface area contributed by atoms with Gasteiger partial charge >= 0.3 is 5.97 Å². The zero-order valence-corrected chi connectivity index (χ0v) is 24.2. The van der Waals surface area contributed by atoms with Crippen LogP contribution in [0.15, 0.2) is 34.1 Å². The fourth-order valence-electron chi connectivity index (χ4n) is 5.22. The normalized spacial score (nSPS) is 18.0. The van der Waals surface area contributed by atoms with Gasteiger partial charge in [-0.05, 0) is 43.4 Å². The molecule has 0 aromatic heterocycles. The molecule has 1 heterocycles. The van der Waals surface area contributed by atoms with Gasteiger partial charge < -0.3 is 4.74 Å². The Morgan fingerprint density at radius 3 is 2.15 bits per heavy atom. The molecule has 0 aliphatic carbocycles. The van der Waals surface area contributed by atoms with E-state index in [4.69, 9.17) is 0 Å². The van der Waals surface area contributed by atoms with Crippen LogP contribution in [0.4, 0.5) is 5.69 Å². The minimum absolute atomic E-state index is 0.0492. The van der Waals surface area contributed by atoms with Crippen LogP contribution >= 0.6 is 0 Å². The third kappa shape index (κ3) is 6.84. The van der Waals surface area contributed by atoms with Gasteiger partial charge in [0.05, 0.1) is 23.2 Å². The molecule has 0 saturated heterocycles. The minimum atomic E-state index is -4.89. The summed E-state index contributed by atoms with van der Waals surface area (Å²) in [6.07, 6.45) is 2.67. The first-order valence-electron chi connectivity index (χ1n) is 12.1. The molecule has 12 nitrogen and oxygen atoms in total. The highest BCUT2D eigenvalue weighted by Crippen LogP contribution is 2.48. The predicted octanol–water partition coefficient (Wildman–Crippen LogP) is 3.11. The molecule has 0 amide bonds. The maximum atomic E-state index is 12.2. The van der Waals surface area contributed by atoms with Crippen molar-refractivity contribution in [2.45, 2.75) is 67.6 Å². The van der Waals surface area contributed by atoms with Crippen LogP contribution in [-0.2, 0) is 45.3 Å². The van der Waals surface area contributed by atoms with Crippen LogP contribution in [0.5, 0.6) is 0 Å². The number of hydrogen-bond acceptors (Lipinski definition) is 8. The number of benzene rings is 2. The molecule has 1 aliphatic rings. The van der Waals surface area contributed by atoms with Crippen molar-refractivity contribution in [2.75, 3.05) is 19.4 Å². The van der Waals surface area contributed by atoms with Gasteiger partial charge in [-0.3, -0.25) is 18.5 Å². The Labute approximate surface area is 227 Å². The van der Waals surface area contributed by atoms with Crippen molar-refractivity contribution >= 4 is 58.5 Å². The standard InChI is InChI=1S/C24H31NO11S3/c1-16-24(2,11-6-4-5-8-22(26)36-3)23-19-14-17(38(30,31)32)15-21(39(33,34)35)18(19)9-10-20(23)25(16)12-7-13-37(27,28)29/h9-10,14-15H,4-8,11-13H2,1-3H3,(H2-,27,28,29,30,31,32,33,34,35)/p+1. The van der Waals surface area contributed by atoms with Crippen molar-refractivity contribution in [3.63, 3.8) is 0 Å². The zero-order chi connectivity index (χ0) is 29.4. The lowest BCUT2D eigenvalue weighted by Crippen LogP contribution is -2.31. The summed E-state index contributed by atoms with van der Waals surface area (Å²) < 4.78 is 106. The lowest BCUT2D eigenvalue weighted by atomic mass is 9.74. The van der Waals surface area contributed by atoms with E-state index in [1.807, 2.05) is 18.4 Å². The van der Waals surface area contributed by atoms with Crippen molar-refractivity contribution in [2.24, 2.45) is 0 Å². The highest BCUT2D eigenvalue weighted by atomic mass is 32.2. The molecule has 0 saturated carbocycles. The molecule has 1 aliphatic heterocycles. The Bertz CT molecular complexity index is 1660. The maximum absolute atomic E-state index is 12.2. The van der Waals surface area contributed by atoms with Crippen LogP contribution in [0.2, 0.25) is 0 Å². The summed E-state index contributed by atoms with van der Waals surface area (Å²) in [6, 6.07) is 4.87. The number of ether oxygens (including phenoxy) is 1. The van der Waals surface area contributed by atoms with Crippen molar-refractivity contribution in [3.8, 4) is 0 Å². The van der Waals surface area contributed by atoms with Gasteiger partial charge in [0.1, 0.15) is 11.4 Å². The van der Waals surface area contributed by atoms with E-state index in [1.165, 1.54) is 13.2 Å². The first-order chi connectivity index (χ1) is 17.9. The first-order valence-corrected chi connectivity index (χ1v) is 16.6. The summed E-state index contributed by atoms with van der Waals surface area (Å²) >= 11 is 0. The van der Waals surface area contributed by atoms with E-state index in [-0.39, 0.29) is 36.1 Å². The van der Waals surface area contributed by atoms with E-state index in [0.717, 1.165) is 11.8 Å². The number of rotatable bonds is 12. The lowest BCUT2D eigenvalue weighted by molar-refractivity contribution is -0.438. The van der Waals surface area contributed by atoms with Crippen molar-refractivity contribution in [3.05, 3.63) is 29.8 Å². The quantitative estimate of drug-likeness (QED) is 0.139. The van der Waals surface area contributed by atoms with Crippen LogP contribution in [-0.4, -0.2) is 74.6 Å². The largest absolute Gasteiger partial charge is 0.469 e. The van der Waals surface area contributed by atoms with E-state index in [2.05, 4.69) is 4.74 Å². The molecule has 3 rings (SSSR count). The monoisotopic (exact) mass is 606 g/mol. The van der Waals surface area contributed by atoms with E-state index in [9.17, 15) is 43.7 Å². The second-order valence-corrected chi connectivity index (χ2v) is 14.2. The number of methoxy groups -OCH3 is 1. The number of fused-ring (bicyclic) bond motifs is 3. The topological polar surface area (TPSA) is 192 Å². The molecule has 1 atom stereocenters. The Morgan fingerprint density at radius 2 is 1.59 bits per heavy atom. The third-order valence-corrected chi connectivity index (χ3v) is 9.77. The summed E-state index contributed by atoms with van der Waals surface area (Å²) in [5.74, 6) is -0.814. The zero-order valence-electron chi connectivity index (χ0n) is 21.7. The fraction of sp³-hybridized carbons (Fsp3) is 0.500. The average Bonchev–Trinajstić information content (AvgIpc) is 3.03. The fourth-order valence-corrected chi connectivity index (χ4v) is 7.05. The maximum Gasteiger partial charge on any atom is 0.305 e. The molecule has 2 aromatic carbocycles. The Kier molecular flexibility index (Phi) is 8.94. The first kappa shape index (κ1) is 31.1. The van der Waals surface area contributed by atoms with E-state index >= 15 is 0 Å². The molecular weight excluding hydrogens is 574 g/mol. The van der Waals surface area contributed by atoms with Crippen LogP contribution in [0.1, 0.15) is 57.9 Å². The van der Waals surface area contributed by atoms with Gasteiger partial charge in [0, 0.05) is 36.8 Å². The van der Waals surface area contributed by atoms with Gasteiger partial charge in [0.15, 0.2) is 5.71 Å². The number of unbranched alkanes of at least 4 members (excludes halogenated alkanes) is 2. The molecule has 0 radical (unpaired) electrons. The number of hydrogen-bond donors (Lipinski definition) is 3. The third-order valence-electron chi connectivity index (χ3n) is 7.24. The van der Waals surface area contributed by atoms with Gasteiger partial charge in [0.2, 0.25) is 5.69 Å². The number of carbonyl (C=O) groups is 1. The van der Waals surface area contributed by atoms with Crippen molar-refractivity contribution < 1.29 is 53.0 Å². The molecule has 0 fully saturated rings. The van der Waals surface area contributed by atoms with Crippen molar-refractivity contribution in [1.29, 1.82) is 0 Å². The van der Waals surface area contributed by atoms with Crippen LogP contribution in [0.25, 0.3) is 10.8 Å². The van der Waals surface area contributed by atoms with Gasteiger partial charge in [-0.15, -0.1) is 0 Å². The predicted molar refractivity (Wildman–Crippen MR) is 143 cm³/mol. The van der Waals surface area contributed by atoms with E-state index in [1.54, 1.807) is 6.07 Å². The molecular formula is C24H32NO11S3+. The molecule has 0 spiro atoms. The van der Waals surface area contributed by atoms with Gasteiger partial charge in [0.25, 0.3) is 30.4 Å². The summed E-state index contributed by atoms with van der Waals surface area (Å²) in [5.41, 5.74) is 1.10. The van der Waals surface area contributed by atoms with Crippen LogP contribution < -0.4 is 0 Å². The van der Waals surface area contributed by atoms with Gasteiger partial charge in [-0.25, -0.2) is 0 Å². The van der Waals surface area contributed by atoms with E-state index in [0.29, 0.717) is 43.0 Å². The molecule has 15 heteroatoms. The number of esters is 1. The lowest BCUT2D eigenvalue weighted by Gasteiger charge is -2.24. The van der Waals surface area contributed by atoms with Gasteiger partial charge in [-0.2, -0.15) is 29.8 Å².